The smallest absolute Gasteiger partial charge is 0.338 e. The fraction of sp³-hybridized carbons (Fsp3) is 0.500. The van der Waals surface area contributed by atoms with Crippen LogP contribution in [0.1, 0.15) is 38.1 Å². The number of rotatable bonds is 8. The second-order valence-corrected chi connectivity index (χ2v) is 8.92. The van der Waals surface area contributed by atoms with Crippen molar-refractivity contribution >= 4 is 27.8 Å². The van der Waals surface area contributed by atoms with Gasteiger partial charge in [0, 0.05) is 19.1 Å². The molecule has 1 aromatic carbocycles. The van der Waals surface area contributed by atoms with Crippen LogP contribution in [0, 0.1) is 0 Å². The van der Waals surface area contributed by atoms with Crippen molar-refractivity contribution in [3.8, 4) is 0 Å². The molecule has 2 N–H and O–H groups in total. The molecule has 0 saturated heterocycles. The average Bonchev–Trinajstić information content (AvgIpc) is 2.57. The fourth-order valence-corrected chi connectivity index (χ4v) is 3.17. The third kappa shape index (κ3) is 7.65. The van der Waals surface area contributed by atoms with E-state index in [2.05, 4.69) is 10.0 Å². The number of amides is 2. The number of esters is 1. The van der Waals surface area contributed by atoms with Gasteiger partial charge in [-0.1, -0.05) is 6.92 Å². The summed E-state index contributed by atoms with van der Waals surface area (Å²) in [6.45, 7) is 6.68. The van der Waals surface area contributed by atoms with Gasteiger partial charge in [-0.15, -0.1) is 0 Å². The van der Waals surface area contributed by atoms with Gasteiger partial charge in [0.05, 0.1) is 17.0 Å². The first-order valence-corrected chi connectivity index (χ1v) is 10.2. The molecule has 10 heteroatoms. The van der Waals surface area contributed by atoms with Crippen LogP contribution in [0.4, 0.5) is 0 Å². The molecule has 0 spiro atoms. The fourth-order valence-electron chi connectivity index (χ4n) is 2.13. The van der Waals surface area contributed by atoms with Crippen molar-refractivity contribution in [3.05, 3.63) is 29.8 Å². The molecule has 28 heavy (non-hydrogen) atoms. The van der Waals surface area contributed by atoms with Gasteiger partial charge in [0.15, 0.2) is 6.61 Å². The Labute approximate surface area is 165 Å². The van der Waals surface area contributed by atoms with E-state index in [0.717, 1.165) is 4.90 Å². The first kappa shape index (κ1) is 23.6. The topological polar surface area (TPSA) is 122 Å². The monoisotopic (exact) mass is 413 g/mol. The van der Waals surface area contributed by atoms with Crippen molar-refractivity contribution < 1.29 is 27.5 Å². The Hall–Kier alpha value is -2.46. The number of benzene rings is 1. The molecule has 0 aromatic heterocycles. The highest BCUT2D eigenvalue weighted by atomic mass is 32.2. The van der Waals surface area contributed by atoms with Gasteiger partial charge in [0.1, 0.15) is 0 Å². The number of carbonyl (C=O) groups excluding carboxylic acids is 3. The van der Waals surface area contributed by atoms with Crippen LogP contribution in [-0.4, -0.2) is 63.4 Å². The Kier molecular flexibility index (Phi) is 8.13. The van der Waals surface area contributed by atoms with E-state index in [9.17, 15) is 22.8 Å². The molecular weight excluding hydrogens is 386 g/mol. The summed E-state index contributed by atoms with van der Waals surface area (Å²) >= 11 is 0. The van der Waals surface area contributed by atoms with E-state index in [1.165, 1.54) is 31.3 Å². The molecule has 1 rings (SSSR count). The molecule has 0 unspecified atom stereocenters. The maximum atomic E-state index is 12.0. The lowest BCUT2D eigenvalue weighted by Crippen LogP contribution is -2.46. The highest BCUT2D eigenvalue weighted by Gasteiger charge is 2.19. The molecule has 0 aliphatic heterocycles. The highest BCUT2D eigenvalue weighted by molar-refractivity contribution is 7.89. The second kappa shape index (κ2) is 9.65. The Bertz CT molecular complexity index is 813. The van der Waals surface area contributed by atoms with Crippen LogP contribution in [0.5, 0.6) is 0 Å². The maximum Gasteiger partial charge on any atom is 0.338 e. The summed E-state index contributed by atoms with van der Waals surface area (Å²) < 4.78 is 31.0. The van der Waals surface area contributed by atoms with Crippen molar-refractivity contribution in [2.45, 2.75) is 38.1 Å². The molecule has 156 valence electrons. The molecule has 1 aromatic rings. The van der Waals surface area contributed by atoms with Crippen molar-refractivity contribution in [1.82, 2.24) is 14.9 Å². The van der Waals surface area contributed by atoms with Crippen molar-refractivity contribution in [3.63, 3.8) is 0 Å². The number of nitrogens with zero attached hydrogens (tertiary/aromatic N) is 1. The number of carbonyl (C=O) groups is 3. The number of nitrogens with one attached hydrogen (secondary N) is 2. The first-order valence-electron chi connectivity index (χ1n) is 8.67. The summed E-state index contributed by atoms with van der Waals surface area (Å²) in [7, 11) is -2.19. The summed E-state index contributed by atoms with van der Waals surface area (Å²) in [6, 6.07) is 5.16. The van der Waals surface area contributed by atoms with Gasteiger partial charge in [-0.3, -0.25) is 9.59 Å². The molecular formula is C18H27N3O6S. The zero-order valence-electron chi connectivity index (χ0n) is 16.7. The lowest BCUT2D eigenvalue weighted by atomic mass is 10.1. The quantitative estimate of drug-likeness (QED) is 0.599. The van der Waals surface area contributed by atoms with Gasteiger partial charge < -0.3 is 15.0 Å². The molecule has 2 amide bonds. The second-order valence-electron chi connectivity index (χ2n) is 7.15. The number of likely N-dealkylation sites (N-methyl/N-ethyl adjacent to an activating group) is 1. The summed E-state index contributed by atoms with van der Waals surface area (Å²) in [6.07, 6.45) is 0. The van der Waals surface area contributed by atoms with Gasteiger partial charge >= 0.3 is 5.97 Å². The van der Waals surface area contributed by atoms with Crippen LogP contribution in [0.25, 0.3) is 0 Å². The number of hydrogen-bond acceptors (Lipinski definition) is 6. The van der Waals surface area contributed by atoms with Crippen LogP contribution in [0.15, 0.2) is 29.2 Å². The van der Waals surface area contributed by atoms with Gasteiger partial charge in [-0.05, 0) is 45.0 Å². The Morgan fingerprint density at radius 2 is 1.68 bits per heavy atom. The van der Waals surface area contributed by atoms with Gasteiger partial charge in [-0.2, -0.15) is 0 Å². The summed E-state index contributed by atoms with van der Waals surface area (Å²) in [4.78, 5) is 37.0. The first-order chi connectivity index (χ1) is 12.9. The van der Waals surface area contributed by atoms with Crippen molar-refractivity contribution in [2.24, 2.45) is 0 Å². The predicted molar refractivity (Wildman–Crippen MR) is 103 cm³/mol. The molecule has 0 aliphatic rings. The van der Waals surface area contributed by atoms with Crippen LogP contribution < -0.4 is 10.0 Å². The van der Waals surface area contributed by atoms with Crippen LogP contribution in [0.3, 0.4) is 0 Å². The minimum absolute atomic E-state index is 0.0200. The van der Waals surface area contributed by atoms with Gasteiger partial charge in [0.2, 0.25) is 15.9 Å². The molecule has 0 atom stereocenters. The largest absolute Gasteiger partial charge is 0.452 e. The number of ether oxygens (including phenoxy) is 1. The molecule has 0 saturated carbocycles. The molecule has 0 heterocycles. The summed E-state index contributed by atoms with van der Waals surface area (Å²) in [5.41, 5.74) is -0.309. The molecule has 0 radical (unpaired) electrons. The third-order valence-corrected chi connectivity index (χ3v) is 4.94. The molecule has 0 bridgehead atoms. The van der Waals surface area contributed by atoms with E-state index >= 15 is 0 Å². The maximum absolute atomic E-state index is 12.0. The number of hydrogen-bond donors (Lipinski definition) is 2. The minimum atomic E-state index is -3.62. The number of sulfonamides is 1. The zero-order chi connectivity index (χ0) is 21.5. The van der Waals surface area contributed by atoms with E-state index in [-0.39, 0.29) is 29.5 Å². The van der Waals surface area contributed by atoms with Crippen LogP contribution in [-0.2, 0) is 24.3 Å². The van der Waals surface area contributed by atoms with Crippen molar-refractivity contribution in [1.29, 1.82) is 0 Å². The molecule has 9 nitrogen and oxygen atoms in total. The molecule has 0 fully saturated rings. The Morgan fingerprint density at radius 1 is 1.11 bits per heavy atom. The Balaban J connectivity index is 2.59. The highest BCUT2D eigenvalue weighted by Crippen LogP contribution is 2.11. The normalized spacial score (nSPS) is 11.6. The zero-order valence-corrected chi connectivity index (χ0v) is 17.6. The minimum Gasteiger partial charge on any atom is -0.452 e. The van der Waals surface area contributed by atoms with Crippen LogP contribution >= 0.6 is 0 Å². The summed E-state index contributed by atoms with van der Waals surface area (Å²) in [5.74, 6) is -1.63. The standard InChI is InChI=1S/C18H27N3O6S/c1-6-19-28(25,26)14-9-7-13(8-10-14)17(24)27-12-16(23)21(5)11-15(22)20-18(2,3)4/h7-10,19H,6,11-12H2,1-5H3,(H,20,22). The molecule has 0 aliphatic carbocycles. The van der Waals surface area contributed by atoms with E-state index in [0.29, 0.717) is 0 Å². The Morgan fingerprint density at radius 3 is 2.18 bits per heavy atom. The van der Waals surface area contributed by atoms with E-state index in [1.807, 2.05) is 20.8 Å². The lowest BCUT2D eigenvalue weighted by molar-refractivity contribution is -0.137. The van der Waals surface area contributed by atoms with Gasteiger partial charge in [0.25, 0.3) is 5.91 Å². The average molecular weight is 413 g/mol. The lowest BCUT2D eigenvalue weighted by Gasteiger charge is -2.23. The predicted octanol–water partition coefficient (Wildman–Crippen LogP) is 0.515. The third-order valence-electron chi connectivity index (χ3n) is 3.38. The van der Waals surface area contributed by atoms with E-state index in [1.54, 1.807) is 6.92 Å². The SMILES string of the molecule is CCNS(=O)(=O)c1ccc(C(=O)OCC(=O)N(C)CC(=O)NC(C)(C)C)cc1. The van der Waals surface area contributed by atoms with Crippen LogP contribution in [0.2, 0.25) is 0 Å². The van der Waals surface area contributed by atoms with E-state index in [4.69, 9.17) is 4.74 Å². The van der Waals surface area contributed by atoms with E-state index < -0.39 is 34.0 Å². The summed E-state index contributed by atoms with van der Waals surface area (Å²) in [5, 5.41) is 2.73. The van der Waals surface area contributed by atoms with Crippen molar-refractivity contribution in [2.75, 3.05) is 26.7 Å². The van der Waals surface area contributed by atoms with Gasteiger partial charge in [-0.25, -0.2) is 17.9 Å².